The SMILES string of the molecule is CCCC(C)CCCC(OCCCCCC(I)CC)OC(CCCC(C)CCC)OCCCCCC(I)CC. The fourth-order valence-corrected chi connectivity index (χ4v) is 6.10. The zero-order valence-corrected chi connectivity index (χ0v) is 31.3. The van der Waals surface area contributed by atoms with Crippen molar-refractivity contribution >= 4 is 45.2 Å². The molecule has 3 nitrogen and oxygen atoms in total. The van der Waals surface area contributed by atoms with Gasteiger partial charge in [0.1, 0.15) is 0 Å². The molecule has 6 atom stereocenters. The average molecular weight is 779 g/mol. The Morgan fingerprint density at radius 2 is 0.872 bits per heavy atom. The Morgan fingerprint density at radius 3 is 1.23 bits per heavy atom. The van der Waals surface area contributed by atoms with E-state index in [4.69, 9.17) is 14.2 Å². The number of hydrogen-bond donors (Lipinski definition) is 0. The number of ether oxygens (including phenoxy) is 3. The highest BCUT2D eigenvalue weighted by Gasteiger charge is 2.19. The van der Waals surface area contributed by atoms with Crippen LogP contribution in [0, 0.1) is 11.8 Å². The smallest absolute Gasteiger partial charge is 0.160 e. The third kappa shape index (κ3) is 26.7. The van der Waals surface area contributed by atoms with Crippen molar-refractivity contribution in [2.24, 2.45) is 11.8 Å². The van der Waals surface area contributed by atoms with Gasteiger partial charge in [-0.1, -0.05) is 151 Å². The van der Waals surface area contributed by atoms with E-state index < -0.39 is 0 Å². The molecule has 0 saturated heterocycles. The first-order valence-electron chi connectivity index (χ1n) is 17.0. The second kappa shape index (κ2) is 29.4. The van der Waals surface area contributed by atoms with Gasteiger partial charge in [-0.3, -0.25) is 0 Å². The molecule has 0 saturated carbocycles. The summed E-state index contributed by atoms with van der Waals surface area (Å²) in [6.45, 7) is 15.6. The standard InChI is InChI=1S/C34H68I2O3/c1-7-19-29(5)21-17-25-33(37-27-15-11-13-23-31(35)9-3)39-34(26-18-22-30(6)20-8-2)38-28-16-12-14-24-32(36)10-4/h29-34H,7-28H2,1-6H3. The van der Waals surface area contributed by atoms with Crippen LogP contribution < -0.4 is 0 Å². The second-order valence-electron chi connectivity index (χ2n) is 12.1. The first-order valence-corrected chi connectivity index (χ1v) is 19.5. The Balaban J connectivity index is 4.84. The lowest BCUT2D eigenvalue weighted by Crippen LogP contribution is -2.28. The van der Waals surface area contributed by atoms with Crippen molar-refractivity contribution in [3.63, 3.8) is 0 Å². The minimum atomic E-state index is -0.130. The number of unbranched alkanes of at least 4 members (excludes halogenated alkanes) is 4. The van der Waals surface area contributed by atoms with Gasteiger partial charge >= 0.3 is 0 Å². The summed E-state index contributed by atoms with van der Waals surface area (Å²) >= 11 is 5.19. The van der Waals surface area contributed by atoms with Gasteiger partial charge in [0, 0.05) is 21.1 Å². The first-order chi connectivity index (χ1) is 18.9. The Labute approximate surface area is 273 Å². The van der Waals surface area contributed by atoms with Gasteiger partial charge in [0.15, 0.2) is 12.6 Å². The van der Waals surface area contributed by atoms with Crippen LogP contribution >= 0.6 is 45.2 Å². The highest BCUT2D eigenvalue weighted by atomic mass is 127. The minimum absolute atomic E-state index is 0.130. The largest absolute Gasteiger partial charge is 0.353 e. The Kier molecular flexibility index (Phi) is 30.4. The number of halogens is 2. The van der Waals surface area contributed by atoms with E-state index in [1.807, 2.05) is 0 Å². The van der Waals surface area contributed by atoms with Crippen molar-refractivity contribution in [1.82, 2.24) is 0 Å². The summed E-state index contributed by atoms with van der Waals surface area (Å²) in [5.74, 6) is 1.58. The average Bonchev–Trinajstić information content (AvgIpc) is 2.91. The van der Waals surface area contributed by atoms with Crippen molar-refractivity contribution in [3.8, 4) is 0 Å². The maximum atomic E-state index is 6.61. The molecule has 39 heavy (non-hydrogen) atoms. The summed E-state index contributed by atoms with van der Waals surface area (Å²) in [5, 5.41) is 0. The van der Waals surface area contributed by atoms with Crippen LogP contribution in [0.15, 0.2) is 0 Å². The van der Waals surface area contributed by atoms with Crippen molar-refractivity contribution in [1.29, 1.82) is 0 Å². The Hall–Kier alpha value is 1.34. The van der Waals surface area contributed by atoms with Gasteiger partial charge in [-0.05, 0) is 76.0 Å². The maximum absolute atomic E-state index is 6.61. The molecule has 236 valence electrons. The van der Waals surface area contributed by atoms with Crippen LogP contribution in [0.1, 0.15) is 170 Å². The van der Waals surface area contributed by atoms with E-state index in [1.165, 1.54) is 103 Å². The van der Waals surface area contributed by atoms with Gasteiger partial charge in [0.25, 0.3) is 0 Å². The van der Waals surface area contributed by atoms with Crippen LogP contribution in [0.25, 0.3) is 0 Å². The maximum Gasteiger partial charge on any atom is 0.160 e. The molecule has 0 aromatic heterocycles. The molecule has 0 N–H and O–H groups in total. The van der Waals surface area contributed by atoms with Crippen molar-refractivity contribution in [2.45, 2.75) is 190 Å². The molecule has 0 rings (SSSR count). The quantitative estimate of drug-likeness (QED) is 0.0315. The van der Waals surface area contributed by atoms with Gasteiger partial charge in [-0.25, -0.2) is 0 Å². The molecule has 0 aliphatic heterocycles. The van der Waals surface area contributed by atoms with Crippen LogP contribution in [-0.4, -0.2) is 33.6 Å². The lowest BCUT2D eigenvalue weighted by atomic mass is 9.99. The Bertz CT molecular complexity index is 451. The van der Waals surface area contributed by atoms with E-state index in [2.05, 4.69) is 86.7 Å². The fourth-order valence-electron chi connectivity index (χ4n) is 5.22. The van der Waals surface area contributed by atoms with E-state index in [-0.39, 0.29) is 12.6 Å². The van der Waals surface area contributed by atoms with Gasteiger partial charge in [0.2, 0.25) is 0 Å². The van der Waals surface area contributed by atoms with E-state index >= 15 is 0 Å². The minimum Gasteiger partial charge on any atom is -0.353 e. The van der Waals surface area contributed by atoms with Crippen molar-refractivity contribution in [2.75, 3.05) is 13.2 Å². The predicted molar refractivity (Wildman–Crippen MR) is 190 cm³/mol. The van der Waals surface area contributed by atoms with Crippen molar-refractivity contribution < 1.29 is 14.2 Å². The third-order valence-corrected chi connectivity index (χ3v) is 11.0. The molecule has 6 unspecified atom stereocenters. The molecule has 5 heteroatoms. The molecular weight excluding hydrogens is 710 g/mol. The molecule has 0 heterocycles. The molecule has 0 aliphatic rings. The first kappa shape index (κ1) is 40.3. The number of alkyl halides is 2. The molecule has 0 aromatic rings. The van der Waals surface area contributed by atoms with Crippen LogP contribution in [0.2, 0.25) is 0 Å². The molecule has 0 fully saturated rings. The Morgan fingerprint density at radius 1 is 0.462 bits per heavy atom. The summed E-state index contributed by atoms with van der Waals surface area (Å²) in [6, 6.07) is 0. The molecule has 0 bridgehead atoms. The van der Waals surface area contributed by atoms with E-state index in [9.17, 15) is 0 Å². The predicted octanol–water partition coefficient (Wildman–Crippen LogP) is 12.4. The lowest BCUT2D eigenvalue weighted by Gasteiger charge is -2.26. The normalized spacial score (nSPS) is 16.6. The van der Waals surface area contributed by atoms with Crippen LogP contribution in [0.3, 0.4) is 0 Å². The lowest BCUT2D eigenvalue weighted by molar-refractivity contribution is -0.250. The van der Waals surface area contributed by atoms with Crippen LogP contribution in [0.5, 0.6) is 0 Å². The van der Waals surface area contributed by atoms with Crippen molar-refractivity contribution in [3.05, 3.63) is 0 Å². The third-order valence-electron chi connectivity index (χ3n) is 7.96. The monoisotopic (exact) mass is 778 g/mol. The number of rotatable bonds is 30. The van der Waals surface area contributed by atoms with E-state index in [1.54, 1.807) is 0 Å². The summed E-state index contributed by atoms with van der Waals surface area (Å²) in [7, 11) is 0. The topological polar surface area (TPSA) is 27.7 Å². The fraction of sp³-hybridized carbons (Fsp3) is 1.00. The number of hydrogen-bond acceptors (Lipinski definition) is 3. The van der Waals surface area contributed by atoms with Crippen LogP contribution in [-0.2, 0) is 14.2 Å². The second-order valence-corrected chi connectivity index (χ2v) is 15.6. The van der Waals surface area contributed by atoms with E-state index in [0.29, 0.717) is 0 Å². The molecule has 0 amide bonds. The molecular formula is C34H68I2O3. The summed E-state index contributed by atoms with van der Waals surface area (Å²) in [6.07, 6.45) is 24.4. The van der Waals surface area contributed by atoms with Gasteiger partial charge in [0.05, 0.1) is 0 Å². The van der Waals surface area contributed by atoms with Gasteiger partial charge in [-0.2, -0.15) is 0 Å². The highest BCUT2D eigenvalue weighted by Crippen LogP contribution is 2.22. The van der Waals surface area contributed by atoms with Gasteiger partial charge in [-0.15, -0.1) is 0 Å². The zero-order chi connectivity index (χ0) is 29.1. The molecule has 0 spiro atoms. The summed E-state index contributed by atoms with van der Waals surface area (Å²) in [4.78, 5) is 0. The highest BCUT2D eigenvalue weighted by molar-refractivity contribution is 14.1. The molecule has 0 aromatic carbocycles. The molecule has 0 radical (unpaired) electrons. The van der Waals surface area contributed by atoms with Crippen LogP contribution in [0.4, 0.5) is 0 Å². The summed E-state index contributed by atoms with van der Waals surface area (Å²) < 4.78 is 21.0. The van der Waals surface area contributed by atoms with Gasteiger partial charge < -0.3 is 14.2 Å². The zero-order valence-electron chi connectivity index (χ0n) is 27.0. The summed E-state index contributed by atoms with van der Waals surface area (Å²) in [5.41, 5.74) is 0. The van der Waals surface area contributed by atoms with E-state index in [0.717, 1.165) is 58.6 Å². The molecule has 0 aliphatic carbocycles.